The summed E-state index contributed by atoms with van der Waals surface area (Å²) in [4.78, 5) is 26.7. The zero-order valence-electron chi connectivity index (χ0n) is 24.1. The van der Waals surface area contributed by atoms with Crippen LogP contribution >= 0.6 is 0 Å². The van der Waals surface area contributed by atoms with Crippen LogP contribution in [-0.2, 0) is 6.54 Å². The molecule has 2 heterocycles. The van der Waals surface area contributed by atoms with Crippen molar-refractivity contribution in [1.82, 2.24) is 14.9 Å². The van der Waals surface area contributed by atoms with Crippen LogP contribution in [-0.4, -0.2) is 54.6 Å². The molecule has 42 heavy (non-hydrogen) atoms. The number of aromatic nitrogens is 2. The van der Waals surface area contributed by atoms with Crippen LogP contribution in [0.1, 0.15) is 22.3 Å². The Balaban J connectivity index is 1.43. The van der Waals surface area contributed by atoms with Gasteiger partial charge >= 0.3 is 0 Å². The van der Waals surface area contributed by atoms with Crippen LogP contribution in [0.2, 0.25) is 0 Å². The summed E-state index contributed by atoms with van der Waals surface area (Å²) in [5, 5.41) is 6.42. The Bertz CT molecular complexity index is 1570. The Morgan fingerprint density at radius 3 is 2.81 bits per heavy atom. The third-order valence-corrected chi connectivity index (χ3v) is 6.85. The summed E-state index contributed by atoms with van der Waals surface area (Å²) in [5.74, 6) is 1.09. The van der Waals surface area contributed by atoms with Gasteiger partial charge in [0.05, 0.1) is 12.3 Å². The summed E-state index contributed by atoms with van der Waals surface area (Å²) in [6, 6.07) is 23.3. The van der Waals surface area contributed by atoms with Crippen molar-refractivity contribution in [2.75, 3.05) is 49.3 Å². The van der Waals surface area contributed by atoms with Gasteiger partial charge in [-0.3, -0.25) is 9.69 Å². The fourth-order valence-electron chi connectivity index (χ4n) is 4.74. The van der Waals surface area contributed by atoms with E-state index in [-0.39, 0.29) is 5.91 Å². The molecule has 2 N–H and O–H groups in total. The van der Waals surface area contributed by atoms with Gasteiger partial charge in [0.2, 0.25) is 5.95 Å². The van der Waals surface area contributed by atoms with Crippen molar-refractivity contribution in [3.8, 4) is 17.0 Å². The average molecular weight is 561 g/mol. The highest BCUT2D eigenvalue weighted by atomic mass is 16.5. The van der Waals surface area contributed by atoms with Gasteiger partial charge in [0.15, 0.2) is 0 Å². The molecule has 1 aliphatic heterocycles. The molecule has 3 aromatic carbocycles. The number of nitrogens with one attached hydrogen (secondary N) is 2. The third-order valence-electron chi connectivity index (χ3n) is 6.85. The molecule has 6 bridgehead atoms. The van der Waals surface area contributed by atoms with Gasteiger partial charge in [-0.2, -0.15) is 0 Å². The Morgan fingerprint density at radius 1 is 1.12 bits per heavy atom. The molecule has 0 spiro atoms. The Kier molecular flexibility index (Phi) is 9.26. The lowest BCUT2D eigenvalue weighted by Gasteiger charge is -2.18. The van der Waals surface area contributed by atoms with E-state index in [1.54, 1.807) is 6.20 Å². The van der Waals surface area contributed by atoms with Crippen molar-refractivity contribution in [2.45, 2.75) is 13.0 Å². The lowest BCUT2D eigenvalue weighted by atomic mass is 10.1. The van der Waals surface area contributed by atoms with Crippen LogP contribution in [0.3, 0.4) is 0 Å². The summed E-state index contributed by atoms with van der Waals surface area (Å²) in [7, 11) is 4.06. The molecule has 1 aromatic heterocycles. The van der Waals surface area contributed by atoms with Gasteiger partial charge in [-0.25, -0.2) is 9.97 Å². The molecule has 8 nitrogen and oxygen atoms in total. The standard InChI is InChI=1S/C34H36N6O2/c1-4-17-40(3)30-13-11-26(12-14-30)33(41)36-28-20-25-21-29(23-28)37-34-35-16-15-32(38-34)27-9-8-10-31(22-27)42-19-7-5-6-18-39(2)24-25/h4-6,8-16,20-23H,1,7,17-19,24H2,2-3H3,(H,36,41)(H,35,37,38)/b6-5+. The third kappa shape index (κ3) is 7.62. The maximum atomic E-state index is 13.2. The van der Waals surface area contributed by atoms with Crippen molar-refractivity contribution in [2.24, 2.45) is 0 Å². The van der Waals surface area contributed by atoms with Crippen LogP contribution in [0.25, 0.3) is 11.3 Å². The molecule has 0 radical (unpaired) electrons. The van der Waals surface area contributed by atoms with Gasteiger partial charge in [-0.1, -0.05) is 30.4 Å². The minimum absolute atomic E-state index is 0.179. The maximum absolute atomic E-state index is 13.2. The topological polar surface area (TPSA) is 82.6 Å². The number of benzene rings is 3. The highest BCUT2D eigenvalue weighted by Crippen LogP contribution is 2.26. The maximum Gasteiger partial charge on any atom is 0.255 e. The zero-order chi connectivity index (χ0) is 29.3. The summed E-state index contributed by atoms with van der Waals surface area (Å²) in [6.45, 7) is 6.59. The molecule has 0 aliphatic carbocycles. The molecular formula is C34H36N6O2. The van der Waals surface area contributed by atoms with Crippen molar-refractivity contribution >= 4 is 28.9 Å². The van der Waals surface area contributed by atoms with Gasteiger partial charge in [-0.15, -0.1) is 6.58 Å². The Morgan fingerprint density at radius 2 is 1.98 bits per heavy atom. The number of carbonyl (C=O) groups is 1. The van der Waals surface area contributed by atoms with Crippen molar-refractivity contribution in [1.29, 1.82) is 0 Å². The van der Waals surface area contributed by atoms with Crippen LogP contribution in [0, 0.1) is 0 Å². The predicted octanol–water partition coefficient (Wildman–Crippen LogP) is 6.53. The van der Waals surface area contributed by atoms with E-state index in [9.17, 15) is 4.79 Å². The first-order chi connectivity index (χ1) is 20.5. The molecule has 0 unspecified atom stereocenters. The van der Waals surface area contributed by atoms with Gasteiger partial charge in [0.25, 0.3) is 5.91 Å². The fourth-order valence-corrected chi connectivity index (χ4v) is 4.74. The summed E-state index contributed by atoms with van der Waals surface area (Å²) in [6.07, 6.45) is 8.69. The minimum atomic E-state index is -0.179. The number of amides is 1. The molecule has 0 saturated heterocycles. The fraction of sp³-hybridized carbons (Fsp3) is 0.206. The van der Waals surface area contributed by atoms with Crippen molar-refractivity contribution in [3.63, 3.8) is 0 Å². The highest BCUT2D eigenvalue weighted by molar-refractivity contribution is 6.04. The lowest BCUT2D eigenvalue weighted by Crippen LogP contribution is -2.18. The van der Waals surface area contributed by atoms with Crippen LogP contribution < -0.4 is 20.3 Å². The van der Waals surface area contributed by atoms with Gasteiger partial charge in [-0.05, 0) is 79.7 Å². The van der Waals surface area contributed by atoms with Crippen LogP contribution in [0.5, 0.6) is 5.75 Å². The zero-order valence-corrected chi connectivity index (χ0v) is 24.1. The molecule has 0 fully saturated rings. The molecule has 0 atom stereocenters. The first-order valence-electron chi connectivity index (χ1n) is 14.0. The molecule has 214 valence electrons. The smallest absolute Gasteiger partial charge is 0.255 e. The molecule has 4 aromatic rings. The Hall–Kier alpha value is -4.95. The number of carbonyl (C=O) groups excluding carboxylic acids is 1. The first kappa shape index (κ1) is 28.6. The number of likely N-dealkylation sites (N-methyl/N-ethyl adjacent to an activating group) is 2. The van der Waals surface area contributed by atoms with E-state index in [1.807, 2.05) is 79.9 Å². The second-order valence-corrected chi connectivity index (χ2v) is 10.3. The lowest BCUT2D eigenvalue weighted by molar-refractivity contribution is 0.102. The minimum Gasteiger partial charge on any atom is -0.493 e. The number of nitrogens with zero attached hydrogens (tertiary/aromatic N) is 4. The molecular weight excluding hydrogens is 524 g/mol. The van der Waals surface area contributed by atoms with E-state index in [4.69, 9.17) is 9.72 Å². The van der Waals surface area contributed by atoms with Gasteiger partial charge < -0.3 is 20.3 Å². The van der Waals surface area contributed by atoms with E-state index in [0.717, 1.165) is 53.5 Å². The van der Waals surface area contributed by atoms with Crippen molar-refractivity contribution < 1.29 is 9.53 Å². The number of rotatable bonds is 5. The average Bonchev–Trinajstić information content (AvgIpc) is 2.99. The van der Waals surface area contributed by atoms with E-state index < -0.39 is 0 Å². The number of ether oxygens (including phenoxy) is 1. The van der Waals surface area contributed by atoms with E-state index >= 15 is 0 Å². The molecule has 8 heteroatoms. The van der Waals surface area contributed by atoms with E-state index in [0.29, 0.717) is 30.4 Å². The van der Waals surface area contributed by atoms with Gasteiger partial charge in [0, 0.05) is 61.1 Å². The second kappa shape index (κ2) is 13.6. The first-order valence-corrected chi connectivity index (χ1v) is 14.0. The molecule has 0 saturated carbocycles. The normalized spacial score (nSPS) is 14.3. The quantitative estimate of drug-likeness (QED) is 0.269. The summed E-state index contributed by atoms with van der Waals surface area (Å²) < 4.78 is 5.96. The number of fused-ring (bicyclic) bond motifs is 7. The largest absolute Gasteiger partial charge is 0.493 e. The molecule has 1 amide bonds. The van der Waals surface area contributed by atoms with Crippen LogP contribution in [0.15, 0.2) is 104 Å². The molecule has 1 aliphatic rings. The molecule has 5 rings (SSSR count). The summed E-state index contributed by atoms with van der Waals surface area (Å²) >= 11 is 0. The summed E-state index contributed by atoms with van der Waals surface area (Å²) in [5.41, 5.74) is 5.84. The van der Waals surface area contributed by atoms with Gasteiger partial charge in [0.1, 0.15) is 5.75 Å². The number of anilines is 4. The SMILES string of the molecule is C=CCN(C)c1ccc(C(=O)Nc2cc3cc(c2)Nc2nccc(n2)-c2cccc(c2)OCC/C=C/CN(C)C3)cc1. The van der Waals surface area contributed by atoms with E-state index in [1.165, 1.54) is 0 Å². The monoisotopic (exact) mass is 560 g/mol. The number of hydrogen-bond donors (Lipinski definition) is 2. The van der Waals surface area contributed by atoms with Crippen molar-refractivity contribution in [3.05, 3.63) is 115 Å². The van der Waals surface area contributed by atoms with E-state index in [2.05, 4.69) is 57.3 Å². The number of hydrogen-bond acceptors (Lipinski definition) is 7. The predicted molar refractivity (Wildman–Crippen MR) is 171 cm³/mol. The highest BCUT2D eigenvalue weighted by Gasteiger charge is 2.12. The second-order valence-electron chi connectivity index (χ2n) is 10.3. The Labute approximate surface area is 247 Å². The van der Waals surface area contributed by atoms with Crippen LogP contribution in [0.4, 0.5) is 23.0 Å².